The summed E-state index contributed by atoms with van der Waals surface area (Å²) in [6.45, 7) is 1.23. The third-order valence-electron chi connectivity index (χ3n) is 6.04. The molecule has 30 heavy (non-hydrogen) atoms. The molecule has 0 radical (unpaired) electrons. The Morgan fingerprint density at radius 3 is 2.63 bits per heavy atom. The highest BCUT2D eigenvalue weighted by Gasteiger charge is 2.21. The van der Waals surface area contributed by atoms with Gasteiger partial charge in [-0.2, -0.15) is 0 Å². The number of thioether (sulfide) groups is 1. The van der Waals surface area contributed by atoms with Crippen LogP contribution in [0.2, 0.25) is 0 Å². The number of benzene rings is 1. The second-order valence-electron chi connectivity index (χ2n) is 8.36. The lowest BCUT2D eigenvalue weighted by Gasteiger charge is -2.21. The van der Waals surface area contributed by atoms with Crippen LogP contribution in [0.5, 0.6) is 0 Å². The number of rotatable bonds is 6. The molecule has 0 bridgehead atoms. The van der Waals surface area contributed by atoms with Gasteiger partial charge in [-0.3, -0.25) is 14.2 Å². The fourth-order valence-corrected chi connectivity index (χ4v) is 5.23. The van der Waals surface area contributed by atoms with Crippen LogP contribution in [0, 0.1) is 0 Å². The topological polar surface area (TPSA) is 73.2 Å². The first kappa shape index (κ1) is 21.4. The smallest absolute Gasteiger partial charge is 0.262 e. The van der Waals surface area contributed by atoms with Gasteiger partial charge in [0.05, 0.1) is 29.3 Å². The molecule has 1 saturated heterocycles. The summed E-state index contributed by atoms with van der Waals surface area (Å²) in [5, 5.41) is 4.41. The van der Waals surface area contributed by atoms with Gasteiger partial charge in [0, 0.05) is 12.6 Å². The number of para-hydroxylation sites is 1. The highest BCUT2D eigenvalue weighted by Crippen LogP contribution is 2.22. The fourth-order valence-electron chi connectivity index (χ4n) is 4.41. The quantitative estimate of drug-likeness (QED) is 0.557. The minimum atomic E-state index is -0.0565. The van der Waals surface area contributed by atoms with E-state index in [-0.39, 0.29) is 29.4 Å². The van der Waals surface area contributed by atoms with E-state index in [0.717, 1.165) is 32.3 Å². The van der Waals surface area contributed by atoms with Crippen molar-refractivity contribution in [3.63, 3.8) is 0 Å². The molecule has 0 spiro atoms. The van der Waals surface area contributed by atoms with Crippen LogP contribution in [-0.4, -0.2) is 40.0 Å². The standard InChI is InChI=1S/C23H31N3O3S/c27-21(24-17-9-4-2-1-3-5-10-17)16-30-23-25-20-13-7-6-12-19(20)22(28)26(23)15-18-11-8-14-29-18/h6-7,12-13,17-18H,1-5,8-11,14-16H2,(H,24,27). The second-order valence-corrected chi connectivity index (χ2v) is 9.30. The number of amides is 1. The van der Waals surface area contributed by atoms with E-state index in [0.29, 0.717) is 22.6 Å². The van der Waals surface area contributed by atoms with Gasteiger partial charge < -0.3 is 10.1 Å². The molecular formula is C23H31N3O3S. The maximum atomic E-state index is 13.1. The number of hydrogen-bond acceptors (Lipinski definition) is 5. The van der Waals surface area contributed by atoms with Crippen LogP contribution in [0.15, 0.2) is 34.2 Å². The third-order valence-corrected chi connectivity index (χ3v) is 7.02. The van der Waals surface area contributed by atoms with Crippen molar-refractivity contribution in [3.8, 4) is 0 Å². The monoisotopic (exact) mass is 429 g/mol. The summed E-state index contributed by atoms with van der Waals surface area (Å²) < 4.78 is 7.45. The molecule has 1 atom stereocenters. The van der Waals surface area contributed by atoms with Gasteiger partial charge in [-0.15, -0.1) is 0 Å². The van der Waals surface area contributed by atoms with Crippen molar-refractivity contribution < 1.29 is 9.53 Å². The summed E-state index contributed by atoms with van der Waals surface area (Å²) in [6.07, 6.45) is 10.3. The molecule has 1 unspecified atom stereocenters. The summed E-state index contributed by atoms with van der Waals surface area (Å²) in [7, 11) is 0. The minimum absolute atomic E-state index is 0.0247. The lowest BCUT2D eigenvalue weighted by Crippen LogP contribution is -2.36. The molecule has 2 heterocycles. The molecule has 1 aromatic carbocycles. The molecule has 1 aromatic heterocycles. The van der Waals surface area contributed by atoms with Gasteiger partial charge in [-0.1, -0.05) is 56.0 Å². The van der Waals surface area contributed by atoms with E-state index in [9.17, 15) is 9.59 Å². The Labute approximate surface area is 181 Å². The van der Waals surface area contributed by atoms with Gasteiger partial charge in [-0.25, -0.2) is 4.98 Å². The minimum Gasteiger partial charge on any atom is -0.376 e. The van der Waals surface area contributed by atoms with Crippen molar-refractivity contribution >= 4 is 28.6 Å². The summed E-state index contributed by atoms with van der Waals surface area (Å²) >= 11 is 1.35. The first-order valence-electron chi connectivity index (χ1n) is 11.2. The average molecular weight is 430 g/mol. The molecule has 6 nitrogen and oxygen atoms in total. The van der Waals surface area contributed by atoms with Gasteiger partial charge in [0.15, 0.2) is 5.16 Å². The fraction of sp³-hybridized carbons (Fsp3) is 0.609. The number of carbonyl (C=O) groups excluding carboxylic acids is 1. The van der Waals surface area contributed by atoms with Crippen molar-refractivity contribution in [1.82, 2.24) is 14.9 Å². The number of fused-ring (bicyclic) bond motifs is 1. The Morgan fingerprint density at radius 1 is 1.10 bits per heavy atom. The molecule has 2 fully saturated rings. The highest BCUT2D eigenvalue weighted by molar-refractivity contribution is 7.99. The van der Waals surface area contributed by atoms with E-state index in [1.54, 1.807) is 4.57 Å². The number of aromatic nitrogens is 2. The third kappa shape index (κ3) is 5.43. The van der Waals surface area contributed by atoms with Crippen molar-refractivity contribution in [2.45, 2.75) is 81.6 Å². The Kier molecular flexibility index (Phi) is 7.44. The molecule has 1 amide bonds. The zero-order chi connectivity index (χ0) is 20.8. The molecule has 1 aliphatic carbocycles. The van der Waals surface area contributed by atoms with Crippen LogP contribution in [0.3, 0.4) is 0 Å². The van der Waals surface area contributed by atoms with Gasteiger partial charge in [0.1, 0.15) is 0 Å². The van der Waals surface area contributed by atoms with E-state index >= 15 is 0 Å². The van der Waals surface area contributed by atoms with E-state index < -0.39 is 0 Å². The average Bonchev–Trinajstić information content (AvgIpc) is 3.24. The SMILES string of the molecule is O=C(CSc1nc2ccccc2c(=O)n1CC1CCCO1)NC1CCCCCCC1. The molecule has 2 aliphatic rings. The molecular weight excluding hydrogens is 398 g/mol. The first-order valence-corrected chi connectivity index (χ1v) is 12.2. The molecule has 1 saturated carbocycles. The number of nitrogens with zero attached hydrogens (tertiary/aromatic N) is 2. The van der Waals surface area contributed by atoms with Crippen LogP contribution >= 0.6 is 11.8 Å². The van der Waals surface area contributed by atoms with Crippen molar-refractivity contribution in [2.75, 3.05) is 12.4 Å². The zero-order valence-corrected chi connectivity index (χ0v) is 18.3. The molecule has 7 heteroatoms. The molecule has 2 aromatic rings. The van der Waals surface area contributed by atoms with Gasteiger partial charge in [0.25, 0.3) is 5.56 Å². The maximum Gasteiger partial charge on any atom is 0.262 e. The Balaban J connectivity index is 1.47. The molecule has 1 aliphatic heterocycles. The Morgan fingerprint density at radius 2 is 1.87 bits per heavy atom. The van der Waals surface area contributed by atoms with Crippen molar-refractivity contribution in [2.24, 2.45) is 0 Å². The predicted molar refractivity (Wildman–Crippen MR) is 120 cm³/mol. The number of nitrogens with one attached hydrogen (secondary N) is 1. The first-order chi connectivity index (χ1) is 14.7. The van der Waals surface area contributed by atoms with Gasteiger partial charge in [0.2, 0.25) is 5.91 Å². The molecule has 1 N–H and O–H groups in total. The van der Waals surface area contributed by atoms with Crippen LogP contribution < -0.4 is 10.9 Å². The van der Waals surface area contributed by atoms with E-state index in [1.807, 2.05) is 24.3 Å². The highest BCUT2D eigenvalue weighted by atomic mass is 32.2. The van der Waals surface area contributed by atoms with E-state index in [4.69, 9.17) is 9.72 Å². The molecule has 162 valence electrons. The number of carbonyl (C=O) groups is 1. The van der Waals surface area contributed by atoms with Crippen molar-refractivity contribution in [1.29, 1.82) is 0 Å². The Hall–Kier alpha value is -1.86. The lowest BCUT2D eigenvalue weighted by atomic mass is 9.97. The number of ether oxygens (including phenoxy) is 1. The van der Waals surface area contributed by atoms with Crippen LogP contribution in [0.1, 0.15) is 57.8 Å². The summed E-state index contributed by atoms with van der Waals surface area (Å²) in [6, 6.07) is 7.68. The summed E-state index contributed by atoms with van der Waals surface area (Å²) in [5.41, 5.74) is 0.619. The van der Waals surface area contributed by atoms with Gasteiger partial charge in [-0.05, 0) is 37.8 Å². The van der Waals surface area contributed by atoms with Crippen LogP contribution in [0.4, 0.5) is 0 Å². The summed E-state index contributed by atoms with van der Waals surface area (Å²) in [4.78, 5) is 30.5. The van der Waals surface area contributed by atoms with Gasteiger partial charge >= 0.3 is 0 Å². The predicted octanol–water partition coefficient (Wildman–Crippen LogP) is 3.90. The van der Waals surface area contributed by atoms with Crippen LogP contribution in [0.25, 0.3) is 10.9 Å². The van der Waals surface area contributed by atoms with Crippen LogP contribution in [-0.2, 0) is 16.1 Å². The summed E-state index contributed by atoms with van der Waals surface area (Å²) in [5.74, 6) is 0.295. The van der Waals surface area contributed by atoms with E-state index in [2.05, 4.69) is 5.32 Å². The molecule has 4 rings (SSSR count). The largest absolute Gasteiger partial charge is 0.376 e. The zero-order valence-electron chi connectivity index (χ0n) is 17.5. The van der Waals surface area contributed by atoms with E-state index in [1.165, 1.54) is 43.9 Å². The van der Waals surface area contributed by atoms with Crippen molar-refractivity contribution in [3.05, 3.63) is 34.6 Å². The Bertz CT molecular complexity index is 916. The lowest BCUT2D eigenvalue weighted by molar-refractivity contribution is -0.119. The second kappa shape index (κ2) is 10.4. The normalized spacial score (nSPS) is 20.7. The maximum absolute atomic E-state index is 13.1. The number of hydrogen-bond donors (Lipinski definition) is 1.